The first-order valence-corrected chi connectivity index (χ1v) is 3.79. The SMILES string of the molecule is C=CCNc1cccc(C(=O)O)n1. The molecule has 0 amide bonds. The van der Waals surface area contributed by atoms with E-state index in [0.29, 0.717) is 12.4 Å². The van der Waals surface area contributed by atoms with Crippen molar-refractivity contribution in [1.82, 2.24) is 4.98 Å². The van der Waals surface area contributed by atoms with Crippen LogP contribution < -0.4 is 5.32 Å². The Morgan fingerprint density at radius 1 is 1.69 bits per heavy atom. The predicted octanol–water partition coefficient (Wildman–Crippen LogP) is 1.38. The molecule has 1 aromatic rings. The van der Waals surface area contributed by atoms with Gasteiger partial charge in [0.05, 0.1) is 0 Å². The van der Waals surface area contributed by atoms with E-state index in [-0.39, 0.29) is 5.69 Å². The number of aromatic carboxylic acids is 1. The highest BCUT2D eigenvalue weighted by atomic mass is 16.4. The van der Waals surface area contributed by atoms with E-state index in [1.165, 1.54) is 6.07 Å². The smallest absolute Gasteiger partial charge is 0.354 e. The van der Waals surface area contributed by atoms with Gasteiger partial charge in [0.15, 0.2) is 5.69 Å². The minimum Gasteiger partial charge on any atom is -0.477 e. The van der Waals surface area contributed by atoms with Gasteiger partial charge in [-0.15, -0.1) is 6.58 Å². The molecule has 2 N–H and O–H groups in total. The third-order valence-corrected chi connectivity index (χ3v) is 1.40. The van der Waals surface area contributed by atoms with E-state index in [1.807, 2.05) is 0 Å². The average molecular weight is 178 g/mol. The van der Waals surface area contributed by atoms with Crippen LogP contribution >= 0.6 is 0 Å². The summed E-state index contributed by atoms with van der Waals surface area (Å²) in [4.78, 5) is 14.4. The molecule has 1 aromatic heterocycles. The van der Waals surface area contributed by atoms with Gasteiger partial charge in [-0.2, -0.15) is 0 Å². The lowest BCUT2D eigenvalue weighted by Gasteiger charge is -2.01. The summed E-state index contributed by atoms with van der Waals surface area (Å²) < 4.78 is 0. The maximum Gasteiger partial charge on any atom is 0.354 e. The van der Waals surface area contributed by atoms with E-state index < -0.39 is 5.97 Å². The summed E-state index contributed by atoms with van der Waals surface area (Å²) in [5.74, 6) is -0.484. The van der Waals surface area contributed by atoms with Gasteiger partial charge in [-0.05, 0) is 12.1 Å². The van der Waals surface area contributed by atoms with Crippen molar-refractivity contribution < 1.29 is 9.90 Å². The highest BCUT2D eigenvalue weighted by molar-refractivity contribution is 5.85. The van der Waals surface area contributed by atoms with Crippen molar-refractivity contribution in [1.29, 1.82) is 0 Å². The molecular weight excluding hydrogens is 168 g/mol. The van der Waals surface area contributed by atoms with E-state index >= 15 is 0 Å². The second kappa shape index (κ2) is 4.25. The summed E-state index contributed by atoms with van der Waals surface area (Å²) in [6.07, 6.45) is 1.68. The molecular formula is C9H10N2O2. The predicted molar refractivity (Wildman–Crippen MR) is 49.9 cm³/mol. The van der Waals surface area contributed by atoms with Crippen LogP contribution in [0.1, 0.15) is 10.5 Å². The van der Waals surface area contributed by atoms with Crippen LogP contribution in [0.5, 0.6) is 0 Å². The van der Waals surface area contributed by atoms with Gasteiger partial charge in [-0.1, -0.05) is 12.1 Å². The van der Waals surface area contributed by atoms with E-state index in [4.69, 9.17) is 5.11 Å². The second-order valence-electron chi connectivity index (χ2n) is 2.38. The van der Waals surface area contributed by atoms with Crippen LogP contribution in [0.2, 0.25) is 0 Å². The molecule has 4 heteroatoms. The normalized spacial score (nSPS) is 9.23. The van der Waals surface area contributed by atoms with Crippen molar-refractivity contribution in [3.05, 3.63) is 36.5 Å². The number of carboxylic acid groups (broad SMARTS) is 1. The Kier molecular flexibility index (Phi) is 3.03. The van der Waals surface area contributed by atoms with Gasteiger partial charge in [0, 0.05) is 6.54 Å². The minimum absolute atomic E-state index is 0.0362. The summed E-state index contributed by atoms with van der Waals surface area (Å²) in [7, 11) is 0. The maximum absolute atomic E-state index is 10.5. The van der Waals surface area contributed by atoms with Crippen LogP contribution in [0.15, 0.2) is 30.9 Å². The molecule has 0 spiro atoms. The summed E-state index contributed by atoms with van der Waals surface area (Å²) in [5, 5.41) is 11.5. The van der Waals surface area contributed by atoms with Crippen LogP contribution in [-0.4, -0.2) is 22.6 Å². The van der Waals surface area contributed by atoms with Gasteiger partial charge in [0.25, 0.3) is 0 Å². The van der Waals surface area contributed by atoms with Gasteiger partial charge >= 0.3 is 5.97 Å². The summed E-state index contributed by atoms with van der Waals surface area (Å²) in [5.41, 5.74) is 0.0362. The zero-order valence-electron chi connectivity index (χ0n) is 7.03. The molecule has 0 saturated heterocycles. The Balaban J connectivity index is 2.79. The van der Waals surface area contributed by atoms with Crippen molar-refractivity contribution in [2.75, 3.05) is 11.9 Å². The highest BCUT2D eigenvalue weighted by Crippen LogP contribution is 2.03. The zero-order valence-corrected chi connectivity index (χ0v) is 7.03. The Morgan fingerprint density at radius 2 is 2.46 bits per heavy atom. The van der Waals surface area contributed by atoms with Crippen molar-refractivity contribution in [3.8, 4) is 0 Å². The van der Waals surface area contributed by atoms with Crippen LogP contribution in [-0.2, 0) is 0 Å². The fraction of sp³-hybridized carbons (Fsp3) is 0.111. The molecule has 13 heavy (non-hydrogen) atoms. The summed E-state index contributed by atoms with van der Waals surface area (Å²) >= 11 is 0. The zero-order chi connectivity index (χ0) is 9.68. The van der Waals surface area contributed by atoms with Crippen LogP contribution in [0.4, 0.5) is 5.82 Å². The lowest BCUT2D eigenvalue weighted by atomic mass is 10.3. The molecule has 0 unspecified atom stereocenters. The molecule has 0 aliphatic rings. The molecule has 0 aliphatic carbocycles. The van der Waals surface area contributed by atoms with E-state index in [9.17, 15) is 4.79 Å². The number of carboxylic acids is 1. The van der Waals surface area contributed by atoms with E-state index in [2.05, 4.69) is 16.9 Å². The number of pyridine rings is 1. The second-order valence-corrected chi connectivity index (χ2v) is 2.38. The number of aromatic nitrogens is 1. The van der Waals surface area contributed by atoms with Gasteiger partial charge in [-0.25, -0.2) is 9.78 Å². The molecule has 0 radical (unpaired) electrons. The van der Waals surface area contributed by atoms with Gasteiger partial charge in [-0.3, -0.25) is 0 Å². The van der Waals surface area contributed by atoms with E-state index in [1.54, 1.807) is 18.2 Å². The first kappa shape index (κ1) is 9.25. The average Bonchev–Trinajstić information content (AvgIpc) is 2.15. The molecule has 0 atom stereocenters. The first-order valence-electron chi connectivity index (χ1n) is 3.79. The van der Waals surface area contributed by atoms with Crippen LogP contribution in [0.3, 0.4) is 0 Å². The molecule has 1 rings (SSSR count). The third-order valence-electron chi connectivity index (χ3n) is 1.40. The molecule has 0 saturated carbocycles. The molecule has 0 aromatic carbocycles. The molecule has 0 aliphatic heterocycles. The molecule has 0 bridgehead atoms. The minimum atomic E-state index is -1.03. The number of anilines is 1. The number of nitrogens with one attached hydrogen (secondary N) is 1. The summed E-state index contributed by atoms with van der Waals surface area (Å²) in [6.45, 7) is 4.09. The fourth-order valence-electron chi connectivity index (χ4n) is 0.829. The topological polar surface area (TPSA) is 62.2 Å². The van der Waals surface area contributed by atoms with Gasteiger partial charge in [0.1, 0.15) is 5.82 Å². The Hall–Kier alpha value is -1.84. The van der Waals surface area contributed by atoms with E-state index in [0.717, 1.165) is 0 Å². The van der Waals surface area contributed by atoms with Crippen LogP contribution in [0, 0.1) is 0 Å². The number of carbonyl (C=O) groups is 1. The Morgan fingerprint density at radius 3 is 3.08 bits per heavy atom. The largest absolute Gasteiger partial charge is 0.477 e. The molecule has 1 heterocycles. The molecule has 4 nitrogen and oxygen atoms in total. The molecule has 0 fully saturated rings. The number of nitrogens with zero attached hydrogens (tertiary/aromatic N) is 1. The van der Waals surface area contributed by atoms with Gasteiger partial charge in [0.2, 0.25) is 0 Å². The van der Waals surface area contributed by atoms with Crippen molar-refractivity contribution in [2.24, 2.45) is 0 Å². The monoisotopic (exact) mass is 178 g/mol. The fourth-order valence-corrected chi connectivity index (χ4v) is 0.829. The highest BCUT2D eigenvalue weighted by Gasteiger charge is 2.03. The van der Waals surface area contributed by atoms with Gasteiger partial charge < -0.3 is 10.4 Å². The lowest BCUT2D eigenvalue weighted by Crippen LogP contribution is -2.05. The standard InChI is InChI=1S/C9H10N2O2/c1-2-6-10-8-5-3-4-7(11-8)9(12)13/h2-5H,1,6H2,(H,10,11)(H,12,13). The lowest BCUT2D eigenvalue weighted by molar-refractivity contribution is 0.0690. The number of hydrogen-bond donors (Lipinski definition) is 2. The first-order chi connectivity index (χ1) is 6.24. The Labute approximate surface area is 75.9 Å². The summed E-state index contributed by atoms with van der Waals surface area (Å²) in [6, 6.07) is 4.79. The third kappa shape index (κ3) is 2.59. The number of rotatable bonds is 4. The van der Waals surface area contributed by atoms with Crippen molar-refractivity contribution in [3.63, 3.8) is 0 Å². The van der Waals surface area contributed by atoms with Crippen molar-refractivity contribution >= 4 is 11.8 Å². The maximum atomic E-state index is 10.5. The molecule has 68 valence electrons. The van der Waals surface area contributed by atoms with Crippen LogP contribution in [0.25, 0.3) is 0 Å². The van der Waals surface area contributed by atoms with Crippen molar-refractivity contribution in [2.45, 2.75) is 0 Å². The number of hydrogen-bond acceptors (Lipinski definition) is 3. The quantitative estimate of drug-likeness (QED) is 0.683. The Bertz CT molecular complexity index is 323.